The topological polar surface area (TPSA) is 46.5 Å². The molecule has 2 aromatic rings. The molecular formula is C17H17FO3. The van der Waals surface area contributed by atoms with E-state index in [1.807, 2.05) is 18.2 Å². The van der Waals surface area contributed by atoms with Crippen molar-refractivity contribution in [2.45, 2.75) is 19.3 Å². The number of rotatable bonds is 7. The monoisotopic (exact) mass is 288 g/mol. The number of hydrogen-bond acceptors (Lipinski definition) is 2. The molecule has 21 heavy (non-hydrogen) atoms. The van der Waals surface area contributed by atoms with Crippen LogP contribution in [-0.2, 0) is 6.42 Å². The average molecular weight is 288 g/mol. The fourth-order valence-electron chi connectivity index (χ4n) is 2.02. The third-order valence-corrected chi connectivity index (χ3v) is 3.14. The first-order valence-electron chi connectivity index (χ1n) is 6.86. The standard InChI is InChI=1S/C17H17FO3/c18-16-12-14(9-10-15(16)17(19)20)21-11-5-4-8-13-6-2-1-3-7-13/h1-3,6-7,9-10,12H,4-5,8,11H2,(H,19,20). The summed E-state index contributed by atoms with van der Waals surface area (Å²) in [5, 5.41) is 8.73. The van der Waals surface area contributed by atoms with E-state index in [1.165, 1.54) is 17.7 Å². The van der Waals surface area contributed by atoms with Crippen LogP contribution >= 0.6 is 0 Å². The van der Waals surface area contributed by atoms with Crippen molar-refractivity contribution >= 4 is 5.97 Å². The van der Waals surface area contributed by atoms with Crippen LogP contribution in [0.15, 0.2) is 48.5 Å². The summed E-state index contributed by atoms with van der Waals surface area (Å²) in [4.78, 5) is 10.7. The minimum absolute atomic E-state index is 0.341. The molecule has 0 fully saturated rings. The molecule has 0 amide bonds. The molecule has 2 aromatic carbocycles. The van der Waals surface area contributed by atoms with Gasteiger partial charge in [0.2, 0.25) is 0 Å². The van der Waals surface area contributed by atoms with E-state index in [2.05, 4.69) is 12.1 Å². The summed E-state index contributed by atoms with van der Waals surface area (Å²) in [7, 11) is 0. The molecule has 0 bridgehead atoms. The molecule has 3 nitrogen and oxygen atoms in total. The molecule has 0 aliphatic carbocycles. The molecular weight excluding hydrogens is 271 g/mol. The number of halogens is 1. The Morgan fingerprint density at radius 3 is 2.52 bits per heavy atom. The van der Waals surface area contributed by atoms with E-state index in [-0.39, 0.29) is 5.56 Å². The highest BCUT2D eigenvalue weighted by Gasteiger charge is 2.10. The maximum absolute atomic E-state index is 13.4. The minimum Gasteiger partial charge on any atom is -0.493 e. The van der Waals surface area contributed by atoms with Crippen molar-refractivity contribution in [3.05, 3.63) is 65.5 Å². The summed E-state index contributed by atoms with van der Waals surface area (Å²) in [5.41, 5.74) is 0.945. The number of carbonyl (C=O) groups is 1. The molecule has 0 saturated heterocycles. The average Bonchev–Trinajstić information content (AvgIpc) is 2.47. The minimum atomic E-state index is -1.28. The molecule has 0 unspecified atom stereocenters. The van der Waals surface area contributed by atoms with Crippen molar-refractivity contribution in [1.29, 1.82) is 0 Å². The molecule has 2 rings (SSSR count). The second kappa shape index (κ2) is 7.43. The lowest BCUT2D eigenvalue weighted by Crippen LogP contribution is -2.02. The van der Waals surface area contributed by atoms with Gasteiger partial charge in [-0.2, -0.15) is 0 Å². The number of aromatic carboxylic acids is 1. The van der Waals surface area contributed by atoms with Crippen molar-refractivity contribution in [3.8, 4) is 5.75 Å². The van der Waals surface area contributed by atoms with E-state index in [0.29, 0.717) is 12.4 Å². The van der Waals surface area contributed by atoms with Gasteiger partial charge >= 0.3 is 5.97 Å². The van der Waals surface area contributed by atoms with Gasteiger partial charge in [0.1, 0.15) is 11.6 Å². The van der Waals surface area contributed by atoms with Crippen LogP contribution in [0, 0.1) is 5.82 Å². The number of ether oxygens (including phenoxy) is 1. The lowest BCUT2D eigenvalue weighted by Gasteiger charge is -2.07. The van der Waals surface area contributed by atoms with Gasteiger partial charge in [0.15, 0.2) is 0 Å². The van der Waals surface area contributed by atoms with Crippen LogP contribution in [0.1, 0.15) is 28.8 Å². The first kappa shape index (κ1) is 15.0. The molecule has 0 radical (unpaired) electrons. The summed E-state index contributed by atoms with van der Waals surface area (Å²) in [6.07, 6.45) is 2.83. The van der Waals surface area contributed by atoms with Crippen LogP contribution in [0.5, 0.6) is 5.75 Å². The maximum Gasteiger partial charge on any atom is 0.338 e. The van der Waals surface area contributed by atoms with Crippen LogP contribution < -0.4 is 4.74 Å². The molecule has 4 heteroatoms. The largest absolute Gasteiger partial charge is 0.493 e. The summed E-state index contributed by atoms with van der Waals surface area (Å²) in [5.74, 6) is -1.69. The second-order valence-corrected chi connectivity index (χ2v) is 4.74. The molecule has 0 spiro atoms. The molecule has 0 atom stereocenters. The molecule has 0 aromatic heterocycles. The second-order valence-electron chi connectivity index (χ2n) is 4.74. The SMILES string of the molecule is O=C(O)c1ccc(OCCCCc2ccccc2)cc1F. The van der Waals surface area contributed by atoms with E-state index in [1.54, 1.807) is 0 Å². The van der Waals surface area contributed by atoms with Crippen molar-refractivity contribution in [3.63, 3.8) is 0 Å². The van der Waals surface area contributed by atoms with Gasteiger partial charge in [-0.05, 0) is 37.0 Å². The zero-order valence-corrected chi connectivity index (χ0v) is 11.6. The summed E-state index contributed by atoms with van der Waals surface area (Å²) in [6.45, 7) is 0.485. The van der Waals surface area contributed by atoms with Crippen LogP contribution in [0.4, 0.5) is 4.39 Å². The third-order valence-electron chi connectivity index (χ3n) is 3.14. The quantitative estimate of drug-likeness (QED) is 0.785. The van der Waals surface area contributed by atoms with Crippen LogP contribution in [0.2, 0.25) is 0 Å². The number of benzene rings is 2. The number of carboxylic acid groups (broad SMARTS) is 1. The van der Waals surface area contributed by atoms with Crippen molar-refractivity contribution < 1.29 is 19.0 Å². The molecule has 0 saturated carbocycles. The predicted molar refractivity (Wildman–Crippen MR) is 78.2 cm³/mol. The lowest BCUT2D eigenvalue weighted by atomic mass is 10.1. The number of aryl methyl sites for hydroxylation is 1. The van der Waals surface area contributed by atoms with Gasteiger partial charge in [-0.25, -0.2) is 9.18 Å². The number of hydrogen-bond donors (Lipinski definition) is 1. The Morgan fingerprint density at radius 1 is 1.10 bits per heavy atom. The molecule has 0 aliphatic rings. The Balaban J connectivity index is 1.74. The van der Waals surface area contributed by atoms with Gasteiger partial charge in [-0.3, -0.25) is 0 Å². The summed E-state index contributed by atoms with van der Waals surface area (Å²) < 4.78 is 18.9. The molecule has 0 heterocycles. The van der Waals surface area contributed by atoms with Crippen LogP contribution in [-0.4, -0.2) is 17.7 Å². The first-order chi connectivity index (χ1) is 10.2. The molecule has 0 aliphatic heterocycles. The Labute approximate surface area is 123 Å². The predicted octanol–water partition coefficient (Wildman–Crippen LogP) is 3.93. The highest BCUT2D eigenvalue weighted by molar-refractivity contribution is 5.88. The Hall–Kier alpha value is -2.36. The van der Waals surface area contributed by atoms with Gasteiger partial charge in [-0.15, -0.1) is 0 Å². The first-order valence-corrected chi connectivity index (χ1v) is 6.86. The fraction of sp³-hybridized carbons (Fsp3) is 0.235. The summed E-state index contributed by atoms with van der Waals surface area (Å²) in [6, 6.07) is 14.0. The van der Waals surface area contributed by atoms with E-state index >= 15 is 0 Å². The zero-order valence-electron chi connectivity index (χ0n) is 11.6. The van der Waals surface area contributed by atoms with E-state index < -0.39 is 11.8 Å². The normalized spacial score (nSPS) is 10.3. The van der Waals surface area contributed by atoms with Gasteiger partial charge in [0.25, 0.3) is 0 Å². The van der Waals surface area contributed by atoms with Crippen molar-refractivity contribution in [1.82, 2.24) is 0 Å². The Kier molecular flexibility index (Phi) is 5.32. The van der Waals surface area contributed by atoms with Crippen molar-refractivity contribution in [2.24, 2.45) is 0 Å². The van der Waals surface area contributed by atoms with E-state index in [0.717, 1.165) is 25.3 Å². The van der Waals surface area contributed by atoms with Gasteiger partial charge in [-0.1, -0.05) is 30.3 Å². The zero-order chi connectivity index (χ0) is 15.1. The lowest BCUT2D eigenvalue weighted by molar-refractivity contribution is 0.0692. The van der Waals surface area contributed by atoms with Gasteiger partial charge in [0, 0.05) is 6.07 Å². The van der Waals surface area contributed by atoms with E-state index in [4.69, 9.17) is 9.84 Å². The number of carboxylic acids is 1. The third kappa shape index (κ3) is 4.60. The van der Waals surface area contributed by atoms with Gasteiger partial charge in [0.05, 0.1) is 12.2 Å². The molecule has 110 valence electrons. The Morgan fingerprint density at radius 2 is 1.86 bits per heavy atom. The maximum atomic E-state index is 13.4. The van der Waals surface area contributed by atoms with Crippen LogP contribution in [0.25, 0.3) is 0 Å². The number of unbranched alkanes of at least 4 members (excludes halogenated alkanes) is 1. The highest BCUT2D eigenvalue weighted by Crippen LogP contribution is 2.17. The highest BCUT2D eigenvalue weighted by atomic mass is 19.1. The summed E-state index contributed by atoms with van der Waals surface area (Å²) >= 11 is 0. The Bertz CT molecular complexity index is 596. The van der Waals surface area contributed by atoms with Gasteiger partial charge < -0.3 is 9.84 Å². The van der Waals surface area contributed by atoms with Crippen molar-refractivity contribution in [2.75, 3.05) is 6.61 Å². The van der Waals surface area contributed by atoms with Crippen LogP contribution in [0.3, 0.4) is 0 Å². The van der Waals surface area contributed by atoms with E-state index in [9.17, 15) is 9.18 Å². The molecule has 1 N–H and O–H groups in total. The smallest absolute Gasteiger partial charge is 0.338 e. The fourth-order valence-corrected chi connectivity index (χ4v) is 2.02.